The van der Waals surface area contributed by atoms with Crippen LogP contribution in [0, 0.1) is 0 Å². The molecule has 0 aromatic carbocycles. The molecule has 0 unspecified atom stereocenters. The van der Waals surface area contributed by atoms with Gasteiger partial charge in [-0.3, -0.25) is 4.98 Å². The number of ether oxygens (including phenoxy) is 1. The Kier molecular flexibility index (Phi) is 3.74. The molecule has 2 aromatic heterocycles. The van der Waals surface area contributed by atoms with Crippen molar-refractivity contribution in [2.45, 2.75) is 10.1 Å². The normalized spacial score (nSPS) is 10.1. The van der Waals surface area contributed by atoms with E-state index in [9.17, 15) is 0 Å². The van der Waals surface area contributed by atoms with E-state index in [4.69, 9.17) is 4.74 Å². The van der Waals surface area contributed by atoms with Gasteiger partial charge < -0.3 is 4.74 Å². The van der Waals surface area contributed by atoms with Gasteiger partial charge in [0.25, 0.3) is 0 Å². The first-order valence-electron chi connectivity index (χ1n) is 4.44. The van der Waals surface area contributed by atoms with Crippen molar-refractivity contribution in [3.63, 3.8) is 0 Å². The molecule has 16 heavy (non-hydrogen) atoms. The number of hydrogen-bond acceptors (Lipinski definition) is 5. The lowest BCUT2D eigenvalue weighted by Gasteiger charge is -2.03. The van der Waals surface area contributed by atoms with Gasteiger partial charge in [-0.05, 0) is 39.8 Å². The lowest BCUT2D eigenvalue weighted by Crippen LogP contribution is -1.93. The topological polar surface area (TPSA) is 47.9 Å². The second-order valence-electron chi connectivity index (χ2n) is 2.79. The summed E-state index contributed by atoms with van der Waals surface area (Å²) in [5, 5.41) is 0.645. The Morgan fingerprint density at radius 1 is 1.31 bits per heavy atom. The summed E-state index contributed by atoms with van der Waals surface area (Å²) in [4.78, 5) is 13.4. The van der Waals surface area contributed by atoms with Crippen LogP contribution in [0.5, 0.6) is 5.88 Å². The molecule has 0 aliphatic rings. The van der Waals surface area contributed by atoms with Crippen molar-refractivity contribution in [2.24, 2.45) is 0 Å². The molecule has 0 amide bonds. The van der Waals surface area contributed by atoms with E-state index in [-0.39, 0.29) is 0 Å². The van der Waals surface area contributed by atoms with Gasteiger partial charge in [0.05, 0.1) is 11.6 Å². The number of methoxy groups -OCH3 is 1. The van der Waals surface area contributed by atoms with E-state index in [2.05, 4.69) is 30.9 Å². The number of halogens is 1. The number of rotatable bonds is 3. The van der Waals surface area contributed by atoms with Crippen LogP contribution in [0.2, 0.25) is 0 Å². The molecule has 6 heteroatoms. The average molecular weight is 298 g/mol. The summed E-state index contributed by atoms with van der Waals surface area (Å²) in [6.07, 6.45) is 5.15. The third-order valence-corrected chi connectivity index (χ3v) is 3.17. The van der Waals surface area contributed by atoms with Gasteiger partial charge in [0, 0.05) is 23.5 Å². The second-order valence-corrected chi connectivity index (χ2v) is 4.69. The summed E-state index contributed by atoms with van der Waals surface area (Å²) in [6.45, 7) is 0. The van der Waals surface area contributed by atoms with Gasteiger partial charge in [0.15, 0.2) is 5.16 Å². The van der Waals surface area contributed by atoms with Crippen LogP contribution in [0.15, 0.2) is 45.2 Å². The van der Waals surface area contributed by atoms with Gasteiger partial charge in [0.2, 0.25) is 5.88 Å². The summed E-state index contributed by atoms with van der Waals surface area (Å²) in [6, 6.07) is 3.81. The van der Waals surface area contributed by atoms with Crippen molar-refractivity contribution in [1.82, 2.24) is 15.0 Å². The minimum Gasteiger partial charge on any atom is -0.480 e. The van der Waals surface area contributed by atoms with Crippen molar-refractivity contribution in [3.8, 4) is 5.88 Å². The van der Waals surface area contributed by atoms with Gasteiger partial charge >= 0.3 is 0 Å². The number of pyridine rings is 1. The standard InChI is InChI=1S/C10H8BrN3OS/c1-15-9-8(11)6-13-10(14-9)16-7-2-4-12-5-3-7/h2-6H,1H3. The zero-order valence-corrected chi connectivity index (χ0v) is 10.8. The fourth-order valence-corrected chi connectivity index (χ4v) is 2.10. The molecule has 2 rings (SSSR count). The van der Waals surface area contributed by atoms with Crippen LogP contribution in [0.25, 0.3) is 0 Å². The molecule has 2 aromatic rings. The fraction of sp³-hybridized carbons (Fsp3) is 0.100. The van der Waals surface area contributed by atoms with E-state index < -0.39 is 0 Å². The third kappa shape index (κ3) is 2.70. The van der Waals surface area contributed by atoms with Crippen LogP contribution in [-0.4, -0.2) is 22.1 Å². The van der Waals surface area contributed by atoms with E-state index in [1.165, 1.54) is 11.8 Å². The number of aromatic nitrogens is 3. The lowest BCUT2D eigenvalue weighted by atomic mass is 10.5. The van der Waals surface area contributed by atoms with Gasteiger partial charge in [-0.1, -0.05) is 0 Å². The van der Waals surface area contributed by atoms with E-state index in [1.54, 1.807) is 25.7 Å². The maximum atomic E-state index is 5.10. The minimum absolute atomic E-state index is 0.534. The smallest absolute Gasteiger partial charge is 0.231 e. The lowest BCUT2D eigenvalue weighted by molar-refractivity contribution is 0.389. The molecule has 0 bridgehead atoms. The number of hydrogen-bond donors (Lipinski definition) is 0. The van der Waals surface area contributed by atoms with Crippen molar-refractivity contribution >= 4 is 27.7 Å². The monoisotopic (exact) mass is 297 g/mol. The first-order chi connectivity index (χ1) is 7.79. The summed E-state index contributed by atoms with van der Waals surface area (Å²) in [7, 11) is 1.58. The molecule has 0 saturated heterocycles. The summed E-state index contributed by atoms with van der Waals surface area (Å²) < 4.78 is 5.84. The van der Waals surface area contributed by atoms with Gasteiger partial charge in [-0.25, -0.2) is 4.98 Å². The van der Waals surface area contributed by atoms with E-state index in [0.717, 1.165) is 9.37 Å². The zero-order chi connectivity index (χ0) is 11.4. The molecule has 82 valence electrons. The maximum absolute atomic E-state index is 5.10. The highest BCUT2D eigenvalue weighted by Gasteiger charge is 2.06. The Labute approximate surface area is 106 Å². The molecule has 0 saturated carbocycles. The van der Waals surface area contributed by atoms with E-state index in [1.807, 2.05) is 12.1 Å². The molecular formula is C10H8BrN3OS. The first kappa shape index (κ1) is 11.3. The summed E-state index contributed by atoms with van der Waals surface area (Å²) >= 11 is 4.77. The van der Waals surface area contributed by atoms with Crippen LogP contribution in [0.1, 0.15) is 0 Å². The van der Waals surface area contributed by atoms with Crippen molar-refractivity contribution in [2.75, 3.05) is 7.11 Å². The Morgan fingerprint density at radius 3 is 2.75 bits per heavy atom. The molecular weight excluding hydrogens is 290 g/mol. The molecule has 0 N–H and O–H groups in total. The second kappa shape index (κ2) is 5.27. The van der Waals surface area contributed by atoms with Crippen molar-refractivity contribution in [3.05, 3.63) is 35.2 Å². The van der Waals surface area contributed by atoms with Crippen LogP contribution in [0.3, 0.4) is 0 Å². The predicted molar refractivity (Wildman–Crippen MR) is 64.6 cm³/mol. The number of nitrogens with zero attached hydrogens (tertiary/aromatic N) is 3. The van der Waals surface area contributed by atoms with Crippen LogP contribution < -0.4 is 4.74 Å². The zero-order valence-electron chi connectivity index (χ0n) is 8.42. The highest BCUT2D eigenvalue weighted by molar-refractivity contribution is 9.10. The fourth-order valence-electron chi connectivity index (χ4n) is 1.04. The SMILES string of the molecule is COc1nc(Sc2ccncc2)ncc1Br. The van der Waals surface area contributed by atoms with Crippen molar-refractivity contribution < 1.29 is 4.74 Å². The average Bonchev–Trinajstić information content (AvgIpc) is 2.33. The summed E-state index contributed by atoms with van der Waals surface area (Å²) in [5.41, 5.74) is 0. The molecule has 0 fully saturated rings. The Bertz CT molecular complexity index is 481. The van der Waals surface area contributed by atoms with Crippen LogP contribution >= 0.6 is 27.7 Å². The van der Waals surface area contributed by atoms with Gasteiger partial charge in [-0.2, -0.15) is 4.98 Å². The van der Waals surface area contributed by atoms with E-state index in [0.29, 0.717) is 11.0 Å². The summed E-state index contributed by atoms with van der Waals surface area (Å²) in [5.74, 6) is 0.534. The Hall–Kier alpha value is -1.14. The molecule has 0 aliphatic heterocycles. The van der Waals surface area contributed by atoms with Crippen LogP contribution in [0.4, 0.5) is 0 Å². The van der Waals surface area contributed by atoms with Gasteiger partial charge in [-0.15, -0.1) is 0 Å². The maximum Gasteiger partial charge on any atom is 0.231 e. The quantitative estimate of drug-likeness (QED) is 0.815. The molecule has 0 aliphatic carbocycles. The highest BCUT2D eigenvalue weighted by Crippen LogP contribution is 2.28. The largest absolute Gasteiger partial charge is 0.480 e. The van der Waals surface area contributed by atoms with Crippen molar-refractivity contribution in [1.29, 1.82) is 0 Å². The predicted octanol–water partition coefficient (Wildman–Crippen LogP) is 2.79. The Balaban J connectivity index is 2.22. The third-order valence-electron chi connectivity index (χ3n) is 1.74. The van der Waals surface area contributed by atoms with Gasteiger partial charge in [0.1, 0.15) is 0 Å². The molecule has 4 nitrogen and oxygen atoms in total. The Morgan fingerprint density at radius 2 is 2.06 bits per heavy atom. The first-order valence-corrected chi connectivity index (χ1v) is 6.05. The molecule has 0 radical (unpaired) electrons. The molecule has 0 spiro atoms. The minimum atomic E-state index is 0.534. The molecule has 2 heterocycles. The molecule has 0 atom stereocenters. The highest BCUT2D eigenvalue weighted by atomic mass is 79.9. The van der Waals surface area contributed by atoms with Crippen LogP contribution in [-0.2, 0) is 0 Å². The van der Waals surface area contributed by atoms with E-state index >= 15 is 0 Å².